The highest BCUT2D eigenvalue weighted by Gasteiger charge is 2.43. The standard InChI is InChI=1S/C29H34F5N5O2/c1-17-11-20-19(8-9-24-21(20)14-36-37-24)27(39(17)15-29(32,33)34)26-22(30)12-18(13-23(26)31)41-16-28(2,3)35-10-6-7-25(40)38(4)5/h6-9,12-14,17,27,35H,10-11,15-16H2,1-5H3,(H,36,37)/b7-6+/t17-,27+/m1/s1. The molecule has 41 heavy (non-hydrogen) atoms. The average Bonchev–Trinajstić information content (AvgIpc) is 3.35. The Kier molecular flexibility index (Phi) is 8.74. The number of carbonyl (C=O) groups is 1. The number of H-pyrrole nitrogens is 1. The Balaban J connectivity index is 1.60. The van der Waals surface area contributed by atoms with E-state index in [-0.39, 0.29) is 24.7 Å². The van der Waals surface area contributed by atoms with Gasteiger partial charge in [-0.3, -0.25) is 14.8 Å². The largest absolute Gasteiger partial charge is 0.491 e. The van der Waals surface area contributed by atoms with Gasteiger partial charge in [-0.1, -0.05) is 12.1 Å². The number of halogens is 5. The zero-order valence-electron chi connectivity index (χ0n) is 23.6. The van der Waals surface area contributed by atoms with Crippen LogP contribution in [0.5, 0.6) is 5.75 Å². The van der Waals surface area contributed by atoms with Gasteiger partial charge in [-0.2, -0.15) is 18.3 Å². The van der Waals surface area contributed by atoms with Crippen LogP contribution in [-0.2, 0) is 11.2 Å². The number of likely N-dealkylation sites (N-methyl/N-ethyl adjacent to an activating group) is 1. The first-order valence-corrected chi connectivity index (χ1v) is 13.2. The SMILES string of the molecule is C[C@@H]1Cc2c(ccc3[nH]ncc23)[C@@H](c2c(F)cc(OCC(C)(C)NC/C=C/C(=O)N(C)C)cc2F)N1CC(F)(F)F. The molecule has 7 nitrogen and oxygen atoms in total. The van der Waals surface area contributed by atoms with Crippen LogP contribution in [0.2, 0.25) is 0 Å². The molecule has 0 aliphatic carbocycles. The lowest BCUT2D eigenvalue weighted by Crippen LogP contribution is -2.47. The molecule has 222 valence electrons. The maximum atomic E-state index is 15.7. The fraction of sp³-hybridized carbons (Fsp3) is 0.448. The number of rotatable bonds is 9. The third-order valence-electron chi connectivity index (χ3n) is 7.15. The predicted octanol–water partition coefficient (Wildman–Crippen LogP) is 5.13. The molecule has 0 saturated carbocycles. The molecule has 1 amide bonds. The number of benzene rings is 2. The van der Waals surface area contributed by atoms with Crippen LogP contribution in [0, 0.1) is 11.6 Å². The van der Waals surface area contributed by atoms with Gasteiger partial charge in [-0.05, 0) is 44.4 Å². The molecule has 2 N–H and O–H groups in total. The first-order valence-electron chi connectivity index (χ1n) is 13.2. The lowest BCUT2D eigenvalue weighted by atomic mass is 9.83. The van der Waals surface area contributed by atoms with Crippen molar-refractivity contribution in [2.24, 2.45) is 0 Å². The summed E-state index contributed by atoms with van der Waals surface area (Å²) < 4.78 is 78.0. The van der Waals surface area contributed by atoms with E-state index in [0.717, 1.165) is 17.0 Å². The van der Waals surface area contributed by atoms with Crippen molar-refractivity contribution in [1.29, 1.82) is 0 Å². The molecular formula is C29H34F5N5O2. The Morgan fingerprint density at radius 1 is 1.22 bits per heavy atom. The van der Waals surface area contributed by atoms with E-state index >= 15 is 8.78 Å². The second kappa shape index (κ2) is 11.8. The van der Waals surface area contributed by atoms with Gasteiger partial charge in [0.15, 0.2) is 0 Å². The zero-order valence-corrected chi connectivity index (χ0v) is 23.6. The highest BCUT2D eigenvalue weighted by molar-refractivity contribution is 5.87. The van der Waals surface area contributed by atoms with E-state index in [1.54, 1.807) is 45.4 Å². The first-order chi connectivity index (χ1) is 19.2. The van der Waals surface area contributed by atoms with Gasteiger partial charge in [-0.15, -0.1) is 0 Å². The Hall–Kier alpha value is -3.51. The second-order valence-corrected chi connectivity index (χ2v) is 11.2. The summed E-state index contributed by atoms with van der Waals surface area (Å²) >= 11 is 0. The Morgan fingerprint density at radius 2 is 1.90 bits per heavy atom. The van der Waals surface area contributed by atoms with E-state index in [9.17, 15) is 18.0 Å². The summed E-state index contributed by atoms with van der Waals surface area (Å²) in [6.45, 7) is 4.32. The number of alkyl halides is 3. The van der Waals surface area contributed by atoms with Gasteiger partial charge in [0.2, 0.25) is 5.91 Å². The summed E-state index contributed by atoms with van der Waals surface area (Å²) in [4.78, 5) is 14.2. The molecule has 2 atom stereocenters. The fourth-order valence-electron chi connectivity index (χ4n) is 5.06. The second-order valence-electron chi connectivity index (χ2n) is 11.2. The van der Waals surface area contributed by atoms with E-state index in [4.69, 9.17) is 4.74 Å². The van der Waals surface area contributed by atoms with Crippen molar-refractivity contribution >= 4 is 16.8 Å². The molecule has 4 rings (SSSR count). The van der Waals surface area contributed by atoms with E-state index in [0.29, 0.717) is 28.6 Å². The van der Waals surface area contributed by atoms with Crippen LogP contribution in [0.1, 0.15) is 43.5 Å². The average molecular weight is 580 g/mol. The van der Waals surface area contributed by atoms with Crippen LogP contribution in [0.4, 0.5) is 22.0 Å². The third kappa shape index (κ3) is 7.05. The number of hydrogen-bond donors (Lipinski definition) is 2. The quantitative estimate of drug-likeness (QED) is 0.272. The van der Waals surface area contributed by atoms with Crippen molar-refractivity contribution in [2.45, 2.75) is 51.0 Å². The van der Waals surface area contributed by atoms with Crippen LogP contribution in [0.3, 0.4) is 0 Å². The maximum absolute atomic E-state index is 15.7. The van der Waals surface area contributed by atoms with Gasteiger partial charge in [0.05, 0.1) is 24.3 Å². The van der Waals surface area contributed by atoms with Gasteiger partial charge >= 0.3 is 6.18 Å². The Morgan fingerprint density at radius 3 is 2.54 bits per heavy atom. The number of amides is 1. The van der Waals surface area contributed by atoms with Gasteiger partial charge in [0.1, 0.15) is 24.0 Å². The van der Waals surface area contributed by atoms with Gasteiger partial charge in [0.25, 0.3) is 0 Å². The van der Waals surface area contributed by atoms with E-state index < -0.39 is 47.5 Å². The Bertz CT molecular complexity index is 1410. The van der Waals surface area contributed by atoms with Crippen molar-refractivity contribution in [2.75, 3.05) is 33.8 Å². The molecule has 1 aliphatic rings. The number of aromatic amines is 1. The van der Waals surface area contributed by atoms with Crippen LogP contribution in [0.15, 0.2) is 42.6 Å². The van der Waals surface area contributed by atoms with E-state index in [1.165, 1.54) is 11.0 Å². The normalized spacial score (nSPS) is 18.2. The summed E-state index contributed by atoms with van der Waals surface area (Å²) in [7, 11) is 3.28. The molecule has 0 bridgehead atoms. The lowest BCUT2D eigenvalue weighted by Gasteiger charge is -2.42. The highest BCUT2D eigenvalue weighted by Crippen LogP contribution is 2.44. The molecule has 0 saturated heterocycles. The molecular weight excluding hydrogens is 545 g/mol. The highest BCUT2D eigenvalue weighted by atomic mass is 19.4. The van der Waals surface area contributed by atoms with Crippen molar-refractivity contribution in [3.05, 3.63) is 70.9 Å². The first kappa shape index (κ1) is 30.4. The van der Waals surface area contributed by atoms with E-state index in [1.807, 2.05) is 13.8 Å². The molecule has 0 fully saturated rings. The summed E-state index contributed by atoms with van der Waals surface area (Å²) in [5.74, 6) is -2.25. The van der Waals surface area contributed by atoms with E-state index in [2.05, 4.69) is 15.5 Å². The fourth-order valence-corrected chi connectivity index (χ4v) is 5.06. The third-order valence-corrected chi connectivity index (χ3v) is 7.15. The van der Waals surface area contributed by atoms with Crippen LogP contribution < -0.4 is 10.1 Å². The predicted molar refractivity (Wildman–Crippen MR) is 146 cm³/mol. The van der Waals surface area contributed by atoms with Gasteiger partial charge in [0, 0.05) is 61.4 Å². The summed E-state index contributed by atoms with van der Waals surface area (Å²) in [5, 5.41) is 10.8. The summed E-state index contributed by atoms with van der Waals surface area (Å²) in [5.41, 5.74) is 0.707. The number of nitrogens with zero attached hydrogens (tertiary/aromatic N) is 3. The van der Waals surface area contributed by atoms with Gasteiger partial charge < -0.3 is 15.0 Å². The number of fused-ring (bicyclic) bond motifs is 3. The number of nitrogens with one attached hydrogen (secondary N) is 2. The molecule has 0 spiro atoms. The molecule has 0 radical (unpaired) electrons. The summed E-state index contributed by atoms with van der Waals surface area (Å²) in [6, 6.07) is 3.31. The van der Waals surface area contributed by atoms with Crippen molar-refractivity contribution < 1.29 is 31.5 Å². The molecule has 3 aromatic rings. The number of aromatic nitrogens is 2. The van der Waals surface area contributed by atoms with Crippen LogP contribution in [0.25, 0.3) is 10.9 Å². The molecule has 12 heteroatoms. The molecule has 2 aromatic carbocycles. The minimum atomic E-state index is -4.58. The minimum absolute atomic E-state index is 0.0304. The van der Waals surface area contributed by atoms with Gasteiger partial charge in [-0.25, -0.2) is 8.78 Å². The Labute approximate surface area is 235 Å². The lowest BCUT2D eigenvalue weighted by molar-refractivity contribution is -0.155. The zero-order chi connectivity index (χ0) is 30.1. The molecule has 1 aliphatic heterocycles. The summed E-state index contributed by atoms with van der Waals surface area (Å²) in [6.07, 6.45) is 0.354. The van der Waals surface area contributed by atoms with Crippen molar-refractivity contribution in [1.82, 2.24) is 25.3 Å². The number of carbonyl (C=O) groups excluding carboxylic acids is 1. The minimum Gasteiger partial charge on any atom is -0.491 e. The smallest absolute Gasteiger partial charge is 0.401 e. The topological polar surface area (TPSA) is 73.5 Å². The monoisotopic (exact) mass is 579 g/mol. The van der Waals surface area contributed by atoms with Crippen molar-refractivity contribution in [3.8, 4) is 5.75 Å². The van der Waals surface area contributed by atoms with Crippen LogP contribution >= 0.6 is 0 Å². The maximum Gasteiger partial charge on any atom is 0.401 e. The number of ether oxygens (including phenoxy) is 1. The molecule has 1 aromatic heterocycles. The molecule has 2 heterocycles. The van der Waals surface area contributed by atoms with Crippen LogP contribution in [-0.4, -0.2) is 77.5 Å². The molecule has 0 unspecified atom stereocenters. The number of hydrogen-bond acceptors (Lipinski definition) is 5. The van der Waals surface area contributed by atoms with Crippen molar-refractivity contribution in [3.63, 3.8) is 0 Å².